The number of hydrogen-bond donors (Lipinski definition) is 1. The van der Waals surface area contributed by atoms with Crippen LogP contribution in [0.5, 0.6) is 5.75 Å². The molecule has 2 nitrogen and oxygen atoms in total. The molecule has 0 spiro atoms. The van der Waals surface area contributed by atoms with E-state index in [1.807, 2.05) is 13.8 Å². The highest BCUT2D eigenvalue weighted by atomic mass is 19.1. The Morgan fingerprint density at radius 2 is 1.76 bits per heavy atom. The number of phenols is 1. The largest absolute Gasteiger partial charge is 0.503 e. The molecular formula is C13H19F2NO. The van der Waals surface area contributed by atoms with Crippen LogP contribution in [-0.2, 0) is 6.54 Å². The molecular weight excluding hydrogens is 224 g/mol. The van der Waals surface area contributed by atoms with E-state index in [-0.39, 0.29) is 0 Å². The lowest BCUT2D eigenvalue weighted by molar-refractivity contribution is 0.212. The van der Waals surface area contributed by atoms with Gasteiger partial charge in [0.2, 0.25) is 0 Å². The Hall–Kier alpha value is -1.16. The van der Waals surface area contributed by atoms with Gasteiger partial charge in [0.1, 0.15) is 0 Å². The summed E-state index contributed by atoms with van der Waals surface area (Å²) in [7, 11) is 0. The van der Waals surface area contributed by atoms with Crippen LogP contribution in [0.25, 0.3) is 0 Å². The average molecular weight is 243 g/mol. The van der Waals surface area contributed by atoms with E-state index in [4.69, 9.17) is 5.11 Å². The normalized spacial score (nSPS) is 11.5. The molecule has 0 aliphatic carbocycles. The van der Waals surface area contributed by atoms with Gasteiger partial charge in [-0.15, -0.1) is 0 Å². The third kappa shape index (κ3) is 3.66. The Bertz CT molecular complexity index is 357. The van der Waals surface area contributed by atoms with Gasteiger partial charge in [0.05, 0.1) is 0 Å². The zero-order valence-corrected chi connectivity index (χ0v) is 10.5. The highest BCUT2D eigenvalue weighted by Crippen LogP contribution is 2.22. The minimum Gasteiger partial charge on any atom is -0.503 e. The van der Waals surface area contributed by atoms with Crippen molar-refractivity contribution in [2.75, 3.05) is 6.54 Å². The van der Waals surface area contributed by atoms with Crippen LogP contribution in [0.1, 0.15) is 32.8 Å². The topological polar surface area (TPSA) is 23.5 Å². The van der Waals surface area contributed by atoms with Crippen molar-refractivity contribution in [3.63, 3.8) is 0 Å². The molecule has 0 saturated carbocycles. The number of nitrogens with zero attached hydrogens (tertiary/aromatic N) is 1. The summed E-state index contributed by atoms with van der Waals surface area (Å²) in [5, 5.41) is 9.01. The Morgan fingerprint density at radius 3 is 2.18 bits per heavy atom. The lowest BCUT2D eigenvalue weighted by Gasteiger charge is -2.26. The molecule has 0 bridgehead atoms. The van der Waals surface area contributed by atoms with E-state index in [1.54, 1.807) is 0 Å². The molecule has 1 rings (SSSR count). The molecule has 0 aromatic heterocycles. The Kier molecular flexibility index (Phi) is 4.87. The van der Waals surface area contributed by atoms with Crippen LogP contribution in [0.15, 0.2) is 12.1 Å². The lowest BCUT2D eigenvalue weighted by Crippen LogP contribution is -2.31. The fourth-order valence-electron chi connectivity index (χ4n) is 1.75. The third-order valence-corrected chi connectivity index (χ3v) is 2.70. The SMILES string of the molecule is CCCN(Cc1cc(F)c(O)c(F)c1)C(C)C. The van der Waals surface area contributed by atoms with E-state index in [2.05, 4.69) is 11.8 Å². The zero-order chi connectivity index (χ0) is 13.0. The second kappa shape index (κ2) is 5.96. The van der Waals surface area contributed by atoms with Gasteiger partial charge in [-0.3, -0.25) is 4.90 Å². The van der Waals surface area contributed by atoms with Gasteiger partial charge in [0.15, 0.2) is 17.4 Å². The highest BCUT2D eigenvalue weighted by Gasteiger charge is 2.13. The maximum Gasteiger partial charge on any atom is 0.187 e. The van der Waals surface area contributed by atoms with E-state index in [0.29, 0.717) is 18.2 Å². The molecule has 0 amide bonds. The van der Waals surface area contributed by atoms with Crippen molar-refractivity contribution in [1.82, 2.24) is 4.90 Å². The van der Waals surface area contributed by atoms with Crippen LogP contribution in [0.2, 0.25) is 0 Å². The summed E-state index contributed by atoms with van der Waals surface area (Å²) in [6, 6.07) is 2.68. The summed E-state index contributed by atoms with van der Waals surface area (Å²) >= 11 is 0. The summed E-state index contributed by atoms with van der Waals surface area (Å²) in [5.74, 6) is -2.71. The van der Waals surface area contributed by atoms with Crippen molar-refractivity contribution >= 4 is 0 Å². The summed E-state index contributed by atoms with van der Waals surface area (Å²) in [5.41, 5.74) is 0.542. The Morgan fingerprint density at radius 1 is 1.24 bits per heavy atom. The van der Waals surface area contributed by atoms with Crippen molar-refractivity contribution in [1.29, 1.82) is 0 Å². The molecule has 1 aromatic carbocycles. The molecule has 17 heavy (non-hydrogen) atoms. The first kappa shape index (κ1) is 13.9. The number of rotatable bonds is 5. The lowest BCUT2D eigenvalue weighted by atomic mass is 10.1. The minimum atomic E-state index is -0.903. The maximum absolute atomic E-state index is 13.2. The number of aromatic hydroxyl groups is 1. The second-order valence-electron chi connectivity index (χ2n) is 4.47. The first-order chi connectivity index (χ1) is 7.95. The minimum absolute atomic E-state index is 0.315. The van der Waals surface area contributed by atoms with E-state index >= 15 is 0 Å². The molecule has 0 atom stereocenters. The second-order valence-corrected chi connectivity index (χ2v) is 4.47. The zero-order valence-electron chi connectivity index (χ0n) is 10.5. The van der Waals surface area contributed by atoms with Gasteiger partial charge < -0.3 is 5.11 Å². The van der Waals surface area contributed by atoms with E-state index < -0.39 is 17.4 Å². The standard InChI is InChI=1S/C13H19F2NO/c1-4-5-16(9(2)3)8-10-6-11(14)13(17)12(15)7-10/h6-7,9,17H,4-5,8H2,1-3H3. The van der Waals surface area contributed by atoms with Gasteiger partial charge in [-0.25, -0.2) is 8.78 Å². The highest BCUT2D eigenvalue weighted by molar-refractivity contribution is 5.30. The fraction of sp³-hybridized carbons (Fsp3) is 0.538. The van der Waals surface area contributed by atoms with Gasteiger partial charge in [-0.1, -0.05) is 6.92 Å². The Labute approximate surface area is 101 Å². The molecule has 0 fully saturated rings. The molecule has 0 aliphatic heterocycles. The maximum atomic E-state index is 13.2. The van der Waals surface area contributed by atoms with Crippen molar-refractivity contribution in [3.05, 3.63) is 29.3 Å². The van der Waals surface area contributed by atoms with E-state index in [9.17, 15) is 8.78 Å². The van der Waals surface area contributed by atoms with Crippen LogP contribution in [0.4, 0.5) is 8.78 Å². The summed E-state index contributed by atoms with van der Waals surface area (Å²) in [6.45, 7) is 7.51. The van der Waals surface area contributed by atoms with Crippen LogP contribution in [0.3, 0.4) is 0 Å². The van der Waals surface area contributed by atoms with Crippen molar-refractivity contribution in [2.24, 2.45) is 0 Å². The van der Waals surface area contributed by atoms with E-state index in [0.717, 1.165) is 13.0 Å². The summed E-state index contributed by atoms with van der Waals surface area (Å²) in [6.07, 6.45) is 0.987. The van der Waals surface area contributed by atoms with Gasteiger partial charge in [-0.2, -0.15) is 0 Å². The third-order valence-electron chi connectivity index (χ3n) is 2.70. The monoisotopic (exact) mass is 243 g/mol. The molecule has 96 valence electrons. The summed E-state index contributed by atoms with van der Waals surface area (Å²) < 4.78 is 26.3. The molecule has 1 aromatic rings. The molecule has 0 unspecified atom stereocenters. The van der Waals surface area contributed by atoms with Crippen LogP contribution < -0.4 is 0 Å². The quantitative estimate of drug-likeness (QED) is 0.857. The van der Waals surface area contributed by atoms with Crippen LogP contribution in [0, 0.1) is 11.6 Å². The van der Waals surface area contributed by atoms with Crippen LogP contribution in [-0.4, -0.2) is 22.6 Å². The average Bonchev–Trinajstić information content (AvgIpc) is 2.25. The molecule has 0 heterocycles. The summed E-state index contributed by atoms with van der Waals surface area (Å²) in [4.78, 5) is 2.13. The van der Waals surface area contributed by atoms with Gasteiger partial charge >= 0.3 is 0 Å². The molecule has 1 N–H and O–H groups in total. The number of phenolic OH excluding ortho intramolecular Hbond substituents is 1. The molecule has 4 heteroatoms. The van der Waals surface area contributed by atoms with Gasteiger partial charge in [0.25, 0.3) is 0 Å². The fourth-order valence-corrected chi connectivity index (χ4v) is 1.75. The van der Waals surface area contributed by atoms with Crippen LogP contribution >= 0.6 is 0 Å². The number of benzene rings is 1. The van der Waals surface area contributed by atoms with Crippen molar-refractivity contribution in [2.45, 2.75) is 39.8 Å². The predicted octanol–water partition coefficient (Wildman–Crippen LogP) is 3.29. The number of halogens is 2. The van der Waals surface area contributed by atoms with Crippen molar-refractivity contribution in [3.8, 4) is 5.75 Å². The van der Waals surface area contributed by atoms with Gasteiger partial charge in [-0.05, 0) is 44.5 Å². The van der Waals surface area contributed by atoms with E-state index in [1.165, 1.54) is 12.1 Å². The Balaban J connectivity index is 2.86. The smallest absolute Gasteiger partial charge is 0.187 e. The first-order valence-corrected chi connectivity index (χ1v) is 5.86. The molecule has 0 saturated heterocycles. The molecule has 0 aliphatic rings. The van der Waals surface area contributed by atoms with Crippen molar-refractivity contribution < 1.29 is 13.9 Å². The number of hydrogen-bond acceptors (Lipinski definition) is 2. The first-order valence-electron chi connectivity index (χ1n) is 5.86. The predicted molar refractivity (Wildman–Crippen MR) is 63.9 cm³/mol. The van der Waals surface area contributed by atoms with Gasteiger partial charge in [0, 0.05) is 12.6 Å². The molecule has 0 radical (unpaired) electrons.